The third kappa shape index (κ3) is 1.43. The van der Waals surface area contributed by atoms with Crippen molar-refractivity contribution < 1.29 is 4.74 Å². The van der Waals surface area contributed by atoms with Gasteiger partial charge in [0.25, 0.3) is 0 Å². The van der Waals surface area contributed by atoms with Crippen molar-refractivity contribution in [3.63, 3.8) is 0 Å². The number of rotatable bonds is 2. The van der Waals surface area contributed by atoms with Gasteiger partial charge in [0, 0.05) is 19.5 Å². The van der Waals surface area contributed by atoms with E-state index in [9.17, 15) is 0 Å². The van der Waals surface area contributed by atoms with Crippen LogP contribution in [0.4, 0.5) is 0 Å². The minimum absolute atomic E-state index is 0.685. The zero-order valence-electron chi connectivity index (χ0n) is 5.13. The molecule has 1 aliphatic rings. The van der Waals surface area contributed by atoms with Crippen LogP contribution in [0.2, 0.25) is 0 Å². The lowest BCUT2D eigenvalue weighted by Crippen LogP contribution is -2.40. The van der Waals surface area contributed by atoms with Crippen LogP contribution >= 0.6 is 0 Å². The van der Waals surface area contributed by atoms with Crippen molar-refractivity contribution >= 4 is 0 Å². The summed E-state index contributed by atoms with van der Waals surface area (Å²) in [6.45, 7) is 2.74. The molecule has 1 fully saturated rings. The molecule has 3 nitrogen and oxygen atoms in total. The van der Waals surface area contributed by atoms with Gasteiger partial charge in [0.1, 0.15) is 0 Å². The summed E-state index contributed by atoms with van der Waals surface area (Å²) in [5.41, 5.74) is 0. The van der Waals surface area contributed by atoms with Crippen LogP contribution in [0.15, 0.2) is 0 Å². The number of nitrogens with two attached hydrogens (primary N) is 1. The van der Waals surface area contributed by atoms with Gasteiger partial charge in [0.05, 0.1) is 13.2 Å². The Bertz CT molecular complexity index is 70.8. The van der Waals surface area contributed by atoms with Crippen molar-refractivity contribution in [1.29, 1.82) is 0 Å². The first-order valence-corrected chi connectivity index (χ1v) is 2.82. The van der Waals surface area contributed by atoms with Gasteiger partial charge in [-0.2, -0.15) is 0 Å². The van der Waals surface area contributed by atoms with E-state index in [0.717, 1.165) is 19.8 Å². The summed E-state index contributed by atoms with van der Waals surface area (Å²) in [4.78, 5) is 0. The lowest BCUT2D eigenvalue weighted by Gasteiger charge is -2.27. The molecule has 3 heteroatoms. The summed E-state index contributed by atoms with van der Waals surface area (Å²) < 4.78 is 4.95. The Morgan fingerprint density at radius 2 is 2.38 bits per heavy atom. The molecule has 1 heterocycles. The minimum atomic E-state index is 0.685. The summed E-state index contributed by atoms with van der Waals surface area (Å²) in [5.74, 6) is 6.07. The Hall–Kier alpha value is -0.120. The molecular formula is C5H12N2O. The molecule has 0 atom stereocenters. The van der Waals surface area contributed by atoms with E-state index in [4.69, 9.17) is 10.6 Å². The quantitative estimate of drug-likeness (QED) is 0.388. The highest BCUT2D eigenvalue weighted by Gasteiger charge is 2.18. The number of nitrogens with zero attached hydrogens (tertiary/aromatic N) is 1. The molecule has 0 spiro atoms. The van der Waals surface area contributed by atoms with Crippen LogP contribution in [0.1, 0.15) is 0 Å². The van der Waals surface area contributed by atoms with Gasteiger partial charge in [-0.05, 0) is 0 Å². The summed E-state index contributed by atoms with van der Waals surface area (Å²) >= 11 is 0. The molecule has 0 saturated carbocycles. The van der Waals surface area contributed by atoms with Crippen LogP contribution in [0.3, 0.4) is 0 Å². The first kappa shape index (κ1) is 6.01. The predicted octanol–water partition coefficient (Wildman–Crippen LogP) is -0.562. The largest absolute Gasteiger partial charge is 0.381 e. The molecule has 0 aromatic heterocycles. The fourth-order valence-corrected chi connectivity index (χ4v) is 0.797. The van der Waals surface area contributed by atoms with Crippen molar-refractivity contribution in [2.24, 2.45) is 11.8 Å². The third-order valence-electron chi connectivity index (χ3n) is 1.25. The SMILES string of the molecule is CN(N)CC1COC1. The molecule has 0 bridgehead atoms. The molecule has 48 valence electrons. The molecule has 0 radical (unpaired) electrons. The van der Waals surface area contributed by atoms with E-state index in [-0.39, 0.29) is 0 Å². The van der Waals surface area contributed by atoms with Gasteiger partial charge in [-0.25, -0.2) is 5.01 Å². The van der Waals surface area contributed by atoms with Gasteiger partial charge >= 0.3 is 0 Å². The molecule has 8 heavy (non-hydrogen) atoms. The average molecular weight is 116 g/mol. The highest BCUT2D eigenvalue weighted by Crippen LogP contribution is 2.08. The summed E-state index contributed by atoms with van der Waals surface area (Å²) in [5, 5.41) is 1.70. The van der Waals surface area contributed by atoms with E-state index < -0.39 is 0 Å². The maximum atomic E-state index is 5.38. The van der Waals surface area contributed by atoms with Crippen LogP contribution in [0.25, 0.3) is 0 Å². The van der Waals surface area contributed by atoms with Crippen LogP contribution in [-0.2, 0) is 4.74 Å². The lowest BCUT2D eigenvalue weighted by molar-refractivity contribution is -0.0438. The lowest BCUT2D eigenvalue weighted by atomic mass is 10.1. The molecule has 1 rings (SSSR count). The van der Waals surface area contributed by atoms with E-state index in [1.54, 1.807) is 5.01 Å². The van der Waals surface area contributed by atoms with Crippen LogP contribution in [0.5, 0.6) is 0 Å². The first-order valence-electron chi connectivity index (χ1n) is 2.82. The van der Waals surface area contributed by atoms with Crippen LogP contribution < -0.4 is 5.84 Å². The average Bonchev–Trinajstić information content (AvgIpc) is 1.55. The molecule has 0 unspecified atom stereocenters. The van der Waals surface area contributed by atoms with Gasteiger partial charge in [-0.15, -0.1) is 0 Å². The zero-order chi connectivity index (χ0) is 5.98. The number of hydrazine groups is 1. The molecule has 1 saturated heterocycles. The number of hydrogen-bond donors (Lipinski definition) is 1. The molecule has 0 aromatic rings. The topological polar surface area (TPSA) is 38.5 Å². The Morgan fingerprint density at radius 3 is 2.50 bits per heavy atom. The standard InChI is InChI=1S/C5H12N2O/c1-7(6)2-5-3-8-4-5/h5H,2-4,6H2,1H3. The Kier molecular flexibility index (Phi) is 1.83. The third-order valence-corrected chi connectivity index (χ3v) is 1.25. The summed E-state index contributed by atoms with van der Waals surface area (Å²) in [6.07, 6.45) is 0. The molecule has 2 N–H and O–H groups in total. The van der Waals surface area contributed by atoms with Crippen LogP contribution in [0, 0.1) is 5.92 Å². The smallest absolute Gasteiger partial charge is 0.0529 e. The highest BCUT2D eigenvalue weighted by molar-refractivity contribution is 4.66. The van der Waals surface area contributed by atoms with Gasteiger partial charge in [-0.1, -0.05) is 0 Å². The van der Waals surface area contributed by atoms with E-state index in [2.05, 4.69) is 0 Å². The van der Waals surface area contributed by atoms with Crippen molar-refractivity contribution in [2.45, 2.75) is 0 Å². The van der Waals surface area contributed by atoms with E-state index in [0.29, 0.717) is 5.92 Å². The number of hydrogen-bond acceptors (Lipinski definition) is 3. The van der Waals surface area contributed by atoms with Gasteiger partial charge in [0.15, 0.2) is 0 Å². The summed E-state index contributed by atoms with van der Waals surface area (Å²) in [6, 6.07) is 0. The molecular weight excluding hydrogens is 104 g/mol. The Morgan fingerprint density at radius 1 is 1.75 bits per heavy atom. The predicted molar refractivity (Wildman–Crippen MR) is 31.1 cm³/mol. The van der Waals surface area contributed by atoms with E-state index in [1.165, 1.54) is 0 Å². The maximum Gasteiger partial charge on any atom is 0.0529 e. The number of ether oxygens (including phenoxy) is 1. The second-order valence-electron chi connectivity index (χ2n) is 2.34. The zero-order valence-corrected chi connectivity index (χ0v) is 5.13. The molecule has 0 amide bonds. The highest BCUT2D eigenvalue weighted by atomic mass is 16.5. The molecule has 0 aliphatic carbocycles. The van der Waals surface area contributed by atoms with Crippen molar-refractivity contribution in [3.05, 3.63) is 0 Å². The van der Waals surface area contributed by atoms with Crippen molar-refractivity contribution in [1.82, 2.24) is 5.01 Å². The van der Waals surface area contributed by atoms with Crippen LogP contribution in [-0.4, -0.2) is 31.8 Å². The monoisotopic (exact) mass is 116 g/mol. The summed E-state index contributed by atoms with van der Waals surface area (Å²) in [7, 11) is 1.87. The van der Waals surface area contributed by atoms with Crippen molar-refractivity contribution in [3.8, 4) is 0 Å². The molecule has 1 aliphatic heterocycles. The first-order chi connectivity index (χ1) is 3.79. The van der Waals surface area contributed by atoms with Crippen molar-refractivity contribution in [2.75, 3.05) is 26.8 Å². The Balaban J connectivity index is 2.01. The normalized spacial score (nSPS) is 21.4. The minimum Gasteiger partial charge on any atom is -0.381 e. The fraction of sp³-hybridized carbons (Fsp3) is 1.00. The molecule has 0 aromatic carbocycles. The second kappa shape index (κ2) is 2.44. The fourth-order valence-electron chi connectivity index (χ4n) is 0.797. The van der Waals surface area contributed by atoms with Gasteiger partial charge in [0.2, 0.25) is 0 Å². The van der Waals surface area contributed by atoms with E-state index >= 15 is 0 Å². The second-order valence-corrected chi connectivity index (χ2v) is 2.34. The Labute approximate surface area is 49.4 Å². The van der Waals surface area contributed by atoms with Gasteiger partial charge < -0.3 is 4.74 Å². The maximum absolute atomic E-state index is 5.38. The van der Waals surface area contributed by atoms with E-state index in [1.807, 2.05) is 7.05 Å². The van der Waals surface area contributed by atoms with Gasteiger partial charge in [-0.3, -0.25) is 5.84 Å².